The summed E-state index contributed by atoms with van der Waals surface area (Å²) in [5.41, 5.74) is 4.48. The molecule has 1 N–H and O–H groups in total. The summed E-state index contributed by atoms with van der Waals surface area (Å²) in [6, 6.07) is 23.0. The fourth-order valence-electron chi connectivity index (χ4n) is 2.79. The average molecular weight is 347 g/mol. The van der Waals surface area contributed by atoms with Crippen LogP contribution < -0.4 is 9.64 Å². The summed E-state index contributed by atoms with van der Waals surface area (Å²) in [7, 11) is 4.02. The SMILES string of the molecule is CN(C)c1ccc(-c2ccccc2COc2ccccc2C(=O)O)cc1. The van der Waals surface area contributed by atoms with Crippen LogP contribution in [-0.4, -0.2) is 25.2 Å². The topological polar surface area (TPSA) is 49.8 Å². The summed E-state index contributed by atoms with van der Waals surface area (Å²) in [6.07, 6.45) is 0. The fourth-order valence-corrected chi connectivity index (χ4v) is 2.79. The van der Waals surface area contributed by atoms with Crippen LogP contribution >= 0.6 is 0 Å². The van der Waals surface area contributed by atoms with E-state index < -0.39 is 5.97 Å². The molecule has 3 aromatic rings. The Hall–Kier alpha value is -3.27. The molecule has 0 unspecified atom stereocenters. The Morgan fingerprint density at radius 1 is 0.923 bits per heavy atom. The number of ether oxygens (including phenoxy) is 1. The van der Waals surface area contributed by atoms with Gasteiger partial charge in [0.05, 0.1) is 0 Å². The summed E-state index contributed by atoms with van der Waals surface area (Å²) in [5.74, 6) is -0.620. The second-order valence-electron chi connectivity index (χ2n) is 6.19. The summed E-state index contributed by atoms with van der Waals surface area (Å²) in [4.78, 5) is 13.4. The summed E-state index contributed by atoms with van der Waals surface area (Å²) >= 11 is 0. The number of para-hydroxylation sites is 1. The van der Waals surface area contributed by atoms with Gasteiger partial charge in [-0.05, 0) is 41.0 Å². The number of aromatic carboxylic acids is 1. The zero-order valence-corrected chi connectivity index (χ0v) is 14.8. The molecule has 0 fully saturated rings. The van der Waals surface area contributed by atoms with E-state index in [9.17, 15) is 9.90 Å². The Morgan fingerprint density at radius 3 is 2.27 bits per heavy atom. The number of carboxylic acid groups (broad SMARTS) is 1. The summed E-state index contributed by atoms with van der Waals surface area (Å²) < 4.78 is 5.82. The minimum Gasteiger partial charge on any atom is -0.488 e. The standard InChI is InChI=1S/C22H21NO3/c1-23(2)18-13-11-16(12-14-18)19-8-4-3-7-17(19)15-26-21-10-6-5-9-20(21)22(24)25/h3-14H,15H2,1-2H3,(H,24,25). The number of benzene rings is 3. The third-order valence-corrected chi connectivity index (χ3v) is 4.21. The predicted octanol–water partition coefficient (Wildman–Crippen LogP) is 4.70. The minimum absolute atomic E-state index is 0.167. The van der Waals surface area contributed by atoms with Crippen molar-refractivity contribution >= 4 is 11.7 Å². The van der Waals surface area contributed by atoms with Gasteiger partial charge < -0.3 is 14.7 Å². The number of carboxylic acids is 1. The smallest absolute Gasteiger partial charge is 0.339 e. The highest BCUT2D eigenvalue weighted by Crippen LogP contribution is 2.27. The van der Waals surface area contributed by atoms with Crippen molar-refractivity contribution in [2.75, 3.05) is 19.0 Å². The van der Waals surface area contributed by atoms with Crippen molar-refractivity contribution in [3.8, 4) is 16.9 Å². The first-order valence-corrected chi connectivity index (χ1v) is 8.37. The van der Waals surface area contributed by atoms with Crippen molar-refractivity contribution in [1.82, 2.24) is 0 Å². The second-order valence-corrected chi connectivity index (χ2v) is 6.19. The molecule has 132 valence electrons. The highest BCUT2D eigenvalue weighted by atomic mass is 16.5. The lowest BCUT2D eigenvalue weighted by Gasteiger charge is -2.15. The molecule has 0 radical (unpaired) electrons. The van der Waals surface area contributed by atoms with E-state index in [1.165, 1.54) is 0 Å². The van der Waals surface area contributed by atoms with Crippen LogP contribution in [0, 0.1) is 0 Å². The van der Waals surface area contributed by atoms with Crippen LogP contribution in [0.5, 0.6) is 5.75 Å². The lowest BCUT2D eigenvalue weighted by Crippen LogP contribution is -2.08. The van der Waals surface area contributed by atoms with Crippen LogP contribution in [0.4, 0.5) is 5.69 Å². The maximum atomic E-state index is 11.3. The van der Waals surface area contributed by atoms with Crippen molar-refractivity contribution in [2.24, 2.45) is 0 Å². The average Bonchev–Trinajstić information content (AvgIpc) is 2.67. The molecule has 0 saturated heterocycles. The molecule has 3 aromatic carbocycles. The minimum atomic E-state index is -0.992. The molecule has 0 aromatic heterocycles. The highest BCUT2D eigenvalue weighted by molar-refractivity contribution is 5.90. The van der Waals surface area contributed by atoms with Gasteiger partial charge >= 0.3 is 5.97 Å². The molecule has 0 aliphatic rings. The second kappa shape index (κ2) is 7.74. The van der Waals surface area contributed by atoms with Gasteiger partial charge in [-0.2, -0.15) is 0 Å². The lowest BCUT2D eigenvalue weighted by atomic mass is 10.00. The van der Waals surface area contributed by atoms with E-state index in [4.69, 9.17) is 4.74 Å². The Balaban J connectivity index is 1.85. The van der Waals surface area contributed by atoms with Crippen LogP contribution in [0.2, 0.25) is 0 Å². The summed E-state index contributed by atoms with van der Waals surface area (Å²) in [6.45, 7) is 0.301. The molecule has 0 amide bonds. The Morgan fingerprint density at radius 2 is 1.58 bits per heavy atom. The van der Waals surface area contributed by atoms with E-state index in [2.05, 4.69) is 29.2 Å². The van der Waals surface area contributed by atoms with Crippen LogP contribution in [0.25, 0.3) is 11.1 Å². The van der Waals surface area contributed by atoms with Crippen LogP contribution in [0.15, 0.2) is 72.8 Å². The molecule has 4 heteroatoms. The van der Waals surface area contributed by atoms with Gasteiger partial charge in [-0.3, -0.25) is 0 Å². The quantitative estimate of drug-likeness (QED) is 0.702. The Bertz CT molecular complexity index is 901. The molecule has 0 spiro atoms. The van der Waals surface area contributed by atoms with E-state index >= 15 is 0 Å². The molecular formula is C22H21NO3. The molecule has 0 atom stereocenters. The third-order valence-electron chi connectivity index (χ3n) is 4.21. The van der Waals surface area contributed by atoms with Crippen LogP contribution in [0.1, 0.15) is 15.9 Å². The van der Waals surface area contributed by atoms with Crippen LogP contribution in [-0.2, 0) is 6.61 Å². The molecule has 3 rings (SSSR count). The first-order valence-electron chi connectivity index (χ1n) is 8.37. The normalized spacial score (nSPS) is 10.4. The molecule has 0 heterocycles. The van der Waals surface area contributed by atoms with Crippen LogP contribution in [0.3, 0.4) is 0 Å². The van der Waals surface area contributed by atoms with Gasteiger partial charge in [0.25, 0.3) is 0 Å². The molecule has 26 heavy (non-hydrogen) atoms. The Labute approximate surface area is 153 Å². The number of hydrogen-bond acceptors (Lipinski definition) is 3. The zero-order chi connectivity index (χ0) is 18.5. The molecular weight excluding hydrogens is 326 g/mol. The van der Waals surface area contributed by atoms with Crippen molar-refractivity contribution in [1.29, 1.82) is 0 Å². The van der Waals surface area contributed by atoms with Gasteiger partial charge in [-0.1, -0.05) is 48.5 Å². The van der Waals surface area contributed by atoms with E-state index in [0.717, 1.165) is 22.4 Å². The van der Waals surface area contributed by atoms with Crippen molar-refractivity contribution in [3.63, 3.8) is 0 Å². The van der Waals surface area contributed by atoms with Gasteiger partial charge in [-0.15, -0.1) is 0 Å². The third kappa shape index (κ3) is 3.86. The monoisotopic (exact) mass is 347 g/mol. The molecule has 0 aliphatic heterocycles. The van der Waals surface area contributed by atoms with Crippen molar-refractivity contribution in [2.45, 2.75) is 6.61 Å². The van der Waals surface area contributed by atoms with E-state index in [0.29, 0.717) is 12.4 Å². The number of hydrogen-bond donors (Lipinski definition) is 1. The van der Waals surface area contributed by atoms with Gasteiger partial charge in [0.15, 0.2) is 0 Å². The molecule has 0 bridgehead atoms. The van der Waals surface area contributed by atoms with E-state index in [1.807, 2.05) is 38.4 Å². The lowest BCUT2D eigenvalue weighted by molar-refractivity contribution is 0.0692. The van der Waals surface area contributed by atoms with Gasteiger partial charge in [-0.25, -0.2) is 4.79 Å². The van der Waals surface area contributed by atoms with Crippen molar-refractivity contribution in [3.05, 3.63) is 83.9 Å². The fraction of sp³-hybridized carbons (Fsp3) is 0.136. The first kappa shape index (κ1) is 17.5. The number of carbonyl (C=O) groups is 1. The molecule has 0 aliphatic carbocycles. The molecule has 0 saturated carbocycles. The Kier molecular flexibility index (Phi) is 5.23. The predicted molar refractivity (Wildman–Crippen MR) is 104 cm³/mol. The first-order chi connectivity index (χ1) is 12.6. The number of nitrogens with zero attached hydrogens (tertiary/aromatic N) is 1. The van der Waals surface area contributed by atoms with Gasteiger partial charge in [0.2, 0.25) is 0 Å². The number of anilines is 1. The zero-order valence-electron chi connectivity index (χ0n) is 14.8. The van der Waals surface area contributed by atoms with E-state index in [-0.39, 0.29) is 5.56 Å². The van der Waals surface area contributed by atoms with Gasteiger partial charge in [0.1, 0.15) is 17.9 Å². The highest BCUT2D eigenvalue weighted by Gasteiger charge is 2.11. The van der Waals surface area contributed by atoms with E-state index in [1.54, 1.807) is 24.3 Å². The largest absolute Gasteiger partial charge is 0.488 e. The molecule has 4 nitrogen and oxygen atoms in total. The maximum Gasteiger partial charge on any atom is 0.339 e. The summed E-state index contributed by atoms with van der Waals surface area (Å²) in [5, 5.41) is 9.28. The van der Waals surface area contributed by atoms with Gasteiger partial charge in [0, 0.05) is 19.8 Å². The van der Waals surface area contributed by atoms with Crippen molar-refractivity contribution < 1.29 is 14.6 Å². The number of rotatable bonds is 6. The maximum absolute atomic E-state index is 11.3.